The fraction of sp³-hybridized carbons (Fsp3) is 0.462. The van der Waals surface area contributed by atoms with E-state index in [9.17, 15) is 39.0 Å². The summed E-state index contributed by atoms with van der Waals surface area (Å²) in [7, 11) is 0. The van der Waals surface area contributed by atoms with E-state index in [1.165, 1.54) is 0 Å². The van der Waals surface area contributed by atoms with Crippen molar-refractivity contribution in [1.82, 2.24) is 20.9 Å². The van der Waals surface area contributed by atoms with E-state index in [0.717, 1.165) is 10.9 Å². The minimum Gasteiger partial charge on any atom is -0.481 e. The molecular weight excluding hydrogens is 524 g/mol. The average Bonchev–Trinajstić information content (AvgIpc) is 3.31. The molecule has 0 saturated carbocycles. The van der Waals surface area contributed by atoms with Crippen molar-refractivity contribution in [1.29, 1.82) is 0 Å². The highest BCUT2D eigenvalue weighted by Crippen LogP contribution is 2.19. The monoisotopic (exact) mass is 560 g/mol. The Morgan fingerprint density at radius 3 is 2.12 bits per heavy atom. The SMILES string of the molecule is CCC(C)C(N)C(=O)NC(Cc1c[nH]c2ccccc12)C(=O)NC(CC(=O)O)C(=O)NC(CCC(N)=O)C(=O)O. The molecule has 14 heteroatoms. The summed E-state index contributed by atoms with van der Waals surface area (Å²) in [5, 5.41) is 26.6. The Labute approximate surface area is 230 Å². The Morgan fingerprint density at radius 1 is 0.925 bits per heavy atom. The van der Waals surface area contributed by atoms with Gasteiger partial charge in [-0.3, -0.25) is 24.0 Å². The van der Waals surface area contributed by atoms with Crippen LogP contribution in [0.15, 0.2) is 30.5 Å². The fourth-order valence-corrected chi connectivity index (χ4v) is 3.98. The number of aromatic nitrogens is 1. The number of hydrogen-bond acceptors (Lipinski definition) is 7. The number of carboxylic acid groups (broad SMARTS) is 2. The zero-order valence-corrected chi connectivity index (χ0v) is 22.3. The molecule has 0 aliphatic heterocycles. The van der Waals surface area contributed by atoms with Crippen LogP contribution >= 0.6 is 0 Å². The molecule has 2 aromatic rings. The molecule has 14 nitrogen and oxygen atoms in total. The maximum Gasteiger partial charge on any atom is 0.326 e. The highest BCUT2D eigenvalue weighted by atomic mass is 16.4. The zero-order chi connectivity index (χ0) is 30.0. The number of fused-ring (bicyclic) bond motifs is 1. The molecule has 218 valence electrons. The number of hydrogen-bond donors (Lipinski definition) is 8. The molecule has 10 N–H and O–H groups in total. The van der Waals surface area contributed by atoms with Crippen molar-refractivity contribution < 1.29 is 39.0 Å². The largest absolute Gasteiger partial charge is 0.481 e. The summed E-state index contributed by atoms with van der Waals surface area (Å²) in [6.07, 6.45) is 0.699. The Balaban J connectivity index is 2.31. The van der Waals surface area contributed by atoms with Gasteiger partial charge in [-0.15, -0.1) is 0 Å². The first-order valence-electron chi connectivity index (χ1n) is 12.8. The molecule has 0 aliphatic carbocycles. The second-order valence-corrected chi connectivity index (χ2v) is 9.60. The van der Waals surface area contributed by atoms with Gasteiger partial charge in [-0.2, -0.15) is 0 Å². The van der Waals surface area contributed by atoms with E-state index in [0.29, 0.717) is 12.0 Å². The normalized spacial score (nSPS) is 14.8. The Kier molecular flexibility index (Phi) is 11.6. The van der Waals surface area contributed by atoms with Crippen LogP contribution in [0.4, 0.5) is 0 Å². The number of benzene rings is 1. The van der Waals surface area contributed by atoms with Gasteiger partial charge in [0, 0.05) is 29.9 Å². The predicted molar refractivity (Wildman–Crippen MR) is 144 cm³/mol. The van der Waals surface area contributed by atoms with Gasteiger partial charge in [-0.05, 0) is 24.0 Å². The molecule has 0 bridgehead atoms. The van der Waals surface area contributed by atoms with E-state index in [2.05, 4.69) is 20.9 Å². The lowest BCUT2D eigenvalue weighted by molar-refractivity contribution is -0.143. The topological polar surface area (TPSA) is 247 Å². The van der Waals surface area contributed by atoms with E-state index in [1.54, 1.807) is 19.2 Å². The summed E-state index contributed by atoms with van der Waals surface area (Å²) < 4.78 is 0. The van der Waals surface area contributed by atoms with Crippen LogP contribution in [-0.4, -0.2) is 74.9 Å². The van der Waals surface area contributed by atoms with Crippen LogP contribution in [0.2, 0.25) is 0 Å². The quantitative estimate of drug-likeness (QED) is 0.130. The summed E-state index contributed by atoms with van der Waals surface area (Å²) >= 11 is 0. The second kappa shape index (κ2) is 14.6. The van der Waals surface area contributed by atoms with Gasteiger partial charge in [0.15, 0.2) is 0 Å². The molecule has 40 heavy (non-hydrogen) atoms. The minimum absolute atomic E-state index is 0.0212. The molecule has 0 aliphatic rings. The van der Waals surface area contributed by atoms with Crippen molar-refractivity contribution in [2.45, 2.75) is 70.1 Å². The van der Waals surface area contributed by atoms with E-state index < -0.39 is 66.2 Å². The molecule has 2 rings (SSSR count). The summed E-state index contributed by atoms with van der Waals surface area (Å²) in [4.78, 5) is 76.3. The van der Waals surface area contributed by atoms with Crippen LogP contribution in [0.3, 0.4) is 0 Å². The first-order chi connectivity index (χ1) is 18.8. The molecule has 5 unspecified atom stereocenters. The van der Waals surface area contributed by atoms with E-state index in [4.69, 9.17) is 11.5 Å². The van der Waals surface area contributed by atoms with Crippen molar-refractivity contribution >= 4 is 46.5 Å². The first-order valence-corrected chi connectivity index (χ1v) is 12.8. The van der Waals surface area contributed by atoms with Gasteiger partial charge in [0.25, 0.3) is 0 Å². The van der Waals surface area contributed by atoms with E-state index in [-0.39, 0.29) is 25.2 Å². The van der Waals surface area contributed by atoms with Crippen molar-refractivity contribution in [3.8, 4) is 0 Å². The van der Waals surface area contributed by atoms with Crippen LogP contribution in [0.25, 0.3) is 10.9 Å². The number of nitrogens with two attached hydrogens (primary N) is 2. The van der Waals surface area contributed by atoms with Gasteiger partial charge >= 0.3 is 11.9 Å². The number of H-pyrrole nitrogens is 1. The third-order valence-corrected chi connectivity index (χ3v) is 6.60. The van der Waals surface area contributed by atoms with Crippen LogP contribution in [0.1, 0.15) is 45.1 Å². The molecule has 0 fully saturated rings. The van der Waals surface area contributed by atoms with Crippen molar-refractivity contribution in [3.05, 3.63) is 36.0 Å². The van der Waals surface area contributed by atoms with Gasteiger partial charge in [-0.1, -0.05) is 38.5 Å². The van der Waals surface area contributed by atoms with Crippen LogP contribution in [-0.2, 0) is 35.2 Å². The second-order valence-electron chi connectivity index (χ2n) is 9.60. The third-order valence-electron chi connectivity index (χ3n) is 6.60. The number of para-hydroxylation sites is 1. The molecule has 1 heterocycles. The number of nitrogens with one attached hydrogen (secondary N) is 4. The minimum atomic E-state index is -1.69. The number of primary amides is 1. The highest BCUT2D eigenvalue weighted by Gasteiger charge is 2.32. The third kappa shape index (κ3) is 9.08. The molecule has 0 radical (unpaired) electrons. The summed E-state index contributed by atoms with van der Waals surface area (Å²) in [6.45, 7) is 3.64. The van der Waals surface area contributed by atoms with Crippen molar-refractivity contribution in [3.63, 3.8) is 0 Å². The Hall–Kier alpha value is -4.46. The number of rotatable bonds is 16. The standard InChI is InChI=1S/C26H36N6O8/c1-3-13(2)22(28)25(38)32-18(10-14-12-29-16-7-5-4-6-15(14)16)23(36)31-19(11-21(34)35)24(37)30-17(26(39)40)8-9-20(27)33/h4-7,12-13,17-19,22,29H,3,8-11,28H2,1-2H3,(H2,27,33)(H,30,37)(H,31,36)(H,32,38)(H,34,35)(H,39,40). The zero-order valence-electron chi connectivity index (χ0n) is 22.3. The van der Waals surface area contributed by atoms with Crippen LogP contribution in [0.5, 0.6) is 0 Å². The number of carbonyl (C=O) groups excluding carboxylic acids is 4. The molecule has 0 spiro atoms. The predicted octanol–water partition coefficient (Wildman–Crippen LogP) is -0.637. The number of aliphatic carboxylic acids is 2. The lowest BCUT2D eigenvalue weighted by atomic mass is 9.98. The number of carboxylic acids is 2. The van der Waals surface area contributed by atoms with Gasteiger partial charge in [-0.25, -0.2) is 4.79 Å². The van der Waals surface area contributed by atoms with Gasteiger partial charge in [0.1, 0.15) is 18.1 Å². The van der Waals surface area contributed by atoms with E-state index in [1.807, 2.05) is 25.1 Å². The van der Waals surface area contributed by atoms with Crippen LogP contribution < -0.4 is 27.4 Å². The number of carbonyl (C=O) groups is 6. The first kappa shape index (κ1) is 31.8. The molecule has 5 atom stereocenters. The maximum absolute atomic E-state index is 13.4. The highest BCUT2D eigenvalue weighted by molar-refractivity contribution is 5.96. The molecule has 1 aromatic heterocycles. The number of aromatic amines is 1. The molecule has 0 saturated heterocycles. The molecule has 1 aromatic carbocycles. The molecule has 4 amide bonds. The smallest absolute Gasteiger partial charge is 0.326 e. The molecular formula is C26H36N6O8. The maximum atomic E-state index is 13.4. The lowest BCUT2D eigenvalue weighted by Crippen LogP contribution is -2.58. The Bertz CT molecular complexity index is 1240. The average molecular weight is 561 g/mol. The van der Waals surface area contributed by atoms with Gasteiger partial charge in [0.05, 0.1) is 12.5 Å². The summed E-state index contributed by atoms with van der Waals surface area (Å²) in [6, 6.07) is 1.85. The number of amides is 4. The fourth-order valence-electron chi connectivity index (χ4n) is 3.98. The summed E-state index contributed by atoms with van der Waals surface area (Å²) in [5.41, 5.74) is 12.6. The lowest BCUT2D eigenvalue weighted by Gasteiger charge is -2.25. The van der Waals surface area contributed by atoms with Crippen molar-refractivity contribution in [2.75, 3.05) is 0 Å². The van der Waals surface area contributed by atoms with Gasteiger partial charge < -0.3 is 42.6 Å². The van der Waals surface area contributed by atoms with E-state index >= 15 is 0 Å². The van der Waals surface area contributed by atoms with Crippen molar-refractivity contribution in [2.24, 2.45) is 17.4 Å². The summed E-state index contributed by atoms with van der Waals surface area (Å²) in [5.74, 6) is -6.48. The van der Waals surface area contributed by atoms with Gasteiger partial charge in [0.2, 0.25) is 23.6 Å². The van der Waals surface area contributed by atoms with Crippen LogP contribution in [0, 0.1) is 5.92 Å². The Morgan fingerprint density at radius 2 is 1.52 bits per heavy atom.